The first-order valence-corrected chi connectivity index (χ1v) is 10.2. The van der Waals surface area contributed by atoms with Crippen LogP contribution in [0, 0.1) is 5.92 Å². The predicted molar refractivity (Wildman–Crippen MR) is 104 cm³/mol. The van der Waals surface area contributed by atoms with Gasteiger partial charge in [0, 0.05) is 33.2 Å². The molecule has 0 saturated carbocycles. The number of amides is 3. The van der Waals surface area contributed by atoms with Crippen molar-refractivity contribution >= 4 is 11.9 Å². The van der Waals surface area contributed by atoms with Crippen molar-refractivity contribution in [1.29, 1.82) is 0 Å². The van der Waals surface area contributed by atoms with Crippen LogP contribution in [0.25, 0.3) is 0 Å². The van der Waals surface area contributed by atoms with Crippen molar-refractivity contribution in [2.45, 2.75) is 38.6 Å². The van der Waals surface area contributed by atoms with E-state index in [0.29, 0.717) is 32.1 Å². The highest BCUT2D eigenvalue weighted by molar-refractivity contribution is 6.06. The number of likely N-dealkylation sites (tertiary alicyclic amines) is 1. The lowest BCUT2D eigenvalue weighted by atomic mass is 9.85. The molecule has 1 atom stereocenters. The molecule has 0 N–H and O–H groups in total. The molecule has 7 nitrogen and oxygen atoms in total. The van der Waals surface area contributed by atoms with E-state index in [1.807, 2.05) is 13.0 Å². The molecule has 2 saturated heterocycles. The standard InChI is InChI=1S/C21H29N3O4/c1-4-24-20(26)22(3)19(25)21(24)7-9-23(10-8-21)13-15(2)11-16-5-6-17-18(12-16)28-14-27-17/h5-6,12,15H,4,7-11,13-14H2,1-3H3. The summed E-state index contributed by atoms with van der Waals surface area (Å²) in [5.41, 5.74) is 0.623. The van der Waals surface area contributed by atoms with Gasteiger partial charge in [0.15, 0.2) is 11.5 Å². The van der Waals surface area contributed by atoms with E-state index in [0.717, 1.165) is 37.6 Å². The number of benzene rings is 1. The first kappa shape index (κ1) is 19.1. The van der Waals surface area contributed by atoms with Crippen LogP contribution in [0.15, 0.2) is 18.2 Å². The fraction of sp³-hybridized carbons (Fsp3) is 0.619. The highest BCUT2D eigenvalue weighted by atomic mass is 16.7. The number of ether oxygens (including phenoxy) is 2. The van der Waals surface area contributed by atoms with E-state index in [1.54, 1.807) is 11.9 Å². The van der Waals surface area contributed by atoms with Crippen LogP contribution in [0.4, 0.5) is 4.79 Å². The summed E-state index contributed by atoms with van der Waals surface area (Å²) in [5, 5.41) is 0. The molecule has 3 heterocycles. The van der Waals surface area contributed by atoms with Crippen LogP contribution in [-0.4, -0.2) is 72.2 Å². The lowest BCUT2D eigenvalue weighted by molar-refractivity contribution is -0.134. The van der Waals surface area contributed by atoms with Gasteiger partial charge in [0.05, 0.1) is 0 Å². The fourth-order valence-electron chi connectivity index (χ4n) is 4.88. The number of likely N-dealkylation sites (N-methyl/N-ethyl adjacent to an activating group) is 2. The molecule has 1 aromatic rings. The summed E-state index contributed by atoms with van der Waals surface area (Å²) in [7, 11) is 1.60. The SMILES string of the molecule is CCN1C(=O)N(C)C(=O)C12CCN(CC(C)Cc1ccc3c(c1)OCO3)CC2. The van der Waals surface area contributed by atoms with Gasteiger partial charge in [-0.15, -0.1) is 0 Å². The van der Waals surface area contributed by atoms with Gasteiger partial charge >= 0.3 is 6.03 Å². The number of carbonyl (C=O) groups excluding carboxylic acids is 2. The van der Waals surface area contributed by atoms with E-state index in [1.165, 1.54) is 10.5 Å². The van der Waals surface area contributed by atoms with Gasteiger partial charge in [-0.2, -0.15) is 0 Å². The Hall–Kier alpha value is -2.28. The zero-order chi connectivity index (χ0) is 19.9. The minimum atomic E-state index is -0.627. The Bertz CT molecular complexity index is 773. The van der Waals surface area contributed by atoms with Gasteiger partial charge in [-0.1, -0.05) is 13.0 Å². The summed E-state index contributed by atoms with van der Waals surface area (Å²) >= 11 is 0. The van der Waals surface area contributed by atoms with Crippen molar-refractivity contribution in [3.63, 3.8) is 0 Å². The highest BCUT2D eigenvalue weighted by Gasteiger charge is 2.56. The lowest BCUT2D eigenvalue weighted by Gasteiger charge is -2.42. The third kappa shape index (κ3) is 3.11. The van der Waals surface area contributed by atoms with Crippen molar-refractivity contribution in [2.75, 3.05) is 40.0 Å². The zero-order valence-corrected chi connectivity index (χ0v) is 16.9. The second-order valence-corrected chi connectivity index (χ2v) is 8.22. The van der Waals surface area contributed by atoms with Gasteiger partial charge in [0.25, 0.3) is 5.91 Å². The summed E-state index contributed by atoms with van der Waals surface area (Å²) in [6.45, 7) is 7.75. The molecule has 0 bridgehead atoms. The van der Waals surface area contributed by atoms with E-state index in [4.69, 9.17) is 9.47 Å². The number of hydrogen-bond acceptors (Lipinski definition) is 5. The monoisotopic (exact) mass is 387 g/mol. The Balaban J connectivity index is 1.34. The van der Waals surface area contributed by atoms with Crippen LogP contribution >= 0.6 is 0 Å². The van der Waals surface area contributed by atoms with Crippen molar-refractivity contribution in [1.82, 2.24) is 14.7 Å². The number of nitrogens with zero attached hydrogens (tertiary/aromatic N) is 3. The van der Waals surface area contributed by atoms with Crippen LogP contribution in [0.1, 0.15) is 32.3 Å². The Labute approximate surface area is 166 Å². The first-order chi connectivity index (χ1) is 13.4. The van der Waals surface area contributed by atoms with Gasteiger partial charge in [-0.05, 0) is 49.8 Å². The van der Waals surface area contributed by atoms with Crippen molar-refractivity contribution in [3.05, 3.63) is 23.8 Å². The van der Waals surface area contributed by atoms with Crippen molar-refractivity contribution in [2.24, 2.45) is 5.92 Å². The van der Waals surface area contributed by atoms with E-state index in [2.05, 4.69) is 24.0 Å². The van der Waals surface area contributed by atoms with E-state index < -0.39 is 5.54 Å². The molecule has 0 aromatic heterocycles. The number of imide groups is 1. The maximum atomic E-state index is 12.7. The van der Waals surface area contributed by atoms with E-state index in [-0.39, 0.29) is 11.9 Å². The van der Waals surface area contributed by atoms with Crippen LogP contribution in [-0.2, 0) is 11.2 Å². The van der Waals surface area contributed by atoms with Gasteiger partial charge in [0.1, 0.15) is 5.54 Å². The minimum Gasteiger partial charge on any atom is -0.454 e. The number of rotatable bonds is 5. The van der Waals surface area contributed by atoms with E-state index >= 15 is 0 Å². The maximum absolute atomic E-state index is 12.7. The second-order valence-electron chi connectivity index (χ2n) is 8.22. The molecule has 3 aliphatic rings. The molecular formula is C21H29N3O4. The molecular weight excluding hydrogens is 358 g/mol. The van der Waals surface area contributed by atoms with Crippen LogP contribution in [0.2, 0.25) is 0 Å². The molecule has 2 fully saturated rings. The summed E-state index contributed by atoms with van der Waals surface area (Å²) < 4.78 is 10.8. The molecule has 1 spiro atoms. The third-order valence-electron chi connectivity index (χ3n) is 6.33. The molecule has 1 aromatic carbocycles. The number of hydrogen-bond donors (Lipinski definition) is 0. The Morgan fingerprint density at radius 3 is 2.57 bits per heavy atom. The number of carbonyl (C=O) groups is 2. The van der Waals surface area contributed by atoms with E-state index in [9.17, 15) is 9.59 Å². The molecule has 0 aliphatic carbocycles. The Morgan fingerprint density at radius 1 is 1.14 bits per heavy atom. The molecule has 4 rings (SSSR count). The summed E-state index contributed by atoms with van der Waals surface area (Å²) in [5.74, 6) is 2.10. The summed E-state index contributed by atoms with van der Waals surface area (Å²) in [6.07, 6.45) is 2.40. The van der Waals surface area contributed by atoms with Crippen LogP contribution in [0.3, 0.4) is 0 Å². The smallest absolute Gasteiger partial charge is 0.327 e. The molecule has 3 amide bonds. The normalized spacial score (nSPS) is 22.4. The van der Waals surface area contributed by atoms with Crippen molar-refractivity contribution in [3.8, 4) is 11.5 Å². The minimum absolute atomic E-state index is 0.0348. The van der Waals surface area contributed by atoms with Gasteiger partial charge in [-0.3, -0.25) is 9.69 Å². The predicted octanol–water partition coefficient (Wildman–Crippen LogP) is 2.34. The molecule has 7 heteroatoms. The zero-order valence-electron chi connectivity index (χ0n) is 16.9. The summed E-state index contributed by atoms with van der Waals surface area (Å²) in [6, 6.07) is 6.00. The lowest BCUT2D eigenvalue weighted by Crippen LogP contribution is -2.56. The topological polar surface area (TPSA) is 62.3 Å². The molecule has 28 heavy (non-hydrogen) atoms. The number of urea groups is 1. The fourth-order valence-corrected chi connectivity index (χ4v) is 4.88. The molecule has 1 unspecified atom stereocenters. The first-order valence-electron chi connectivity index (χ1n) is 10.2. The van der Waals surface area contributed by atoms with Crippen LogP contribution in [0.5, 0.6) is 11.5 Å². The average Bonchev–Trinajstić information content (AvgIpc) is 3.21. The Morgan fingerprint density at radius 2 is 1.86 bits per heavy atom. The van der Waals surface area contributed by atoms with Crippen LogP contribution < -0.4 is 9.47 Å². The Kier molecular flexibility index (Phi) is 4.95. The quantitative estimate of drug-likeness (QED) is 0.726. The molecule has 0 radical (unpaired) electrons. The third-order valence-corrected chi connectivity index (χ3v) is 6.33. The van der Waals surface area contributed by atoms with Gasteiger partial charge in [-0.25, -0.2) is 4.79 Å². The molecule has 3 aliphatic heterocycles. The largest absolute Gasteiger partial charge is 0.454 e. The highest BCUT2D eigenvalue weighted by Crippen LogP contribution is 2.37. The maximum Gasteiger partial charge on any atom is 0.327 e. The van der Waals surface area contributed by atoms with Crippen molar-refractivity contribution < 1.29 is 19.1 Å². The number of fused-ring (bicyclic) bond motifs is 1. The average molecular weight is 387 g/mol. The number of piperidine rings is 1. The van der Waals surface area contributed by atoms with Gasteiger partial charge in [0.2, 0.25) is 6.79 Å². The summed E-state index contributed by atoms with van der Waals surface area (Å²) in [4.78, 5) is 30.6. The van der Waals surface area contributed by atoms with Gasteiger partial charge < -0.3 is 19.3 Å². The molecule has 152 valence electrons. The second kappa shape index (κ2) is 7.28.